The highest BCUT2D eigenvalue weighted by Gasteiger charge is 2.48. The van der Waals surface area contributed by atoms with Crippen molar-refractivity contribution in [3.63, 3.8) is 0 Å². The number of rotatable bonds is 5. The zero-order valence-electron chi connectivity index (χ0n) is 21.0. The number of piperidine rings is 1. The van der Waals surface area contributed by atoms with E-state index in [-0.39, 0.29) is 23.3 Å². The number of nitrogens with zero attached hydrogens (tertiary/aromatic N) is 7. The highest BCUT2D eigenvalue weighted by Crippen LogP contribution is 2.47. The Kier molecular flexibility index (Phi) is 6.00. The average Bonchev–Trinajstić information content (AvgIpc) is 3.47. The molecular formula is C26H27N9O2S. The van der Waals surface area contributed by atoms with Gasteiger partial charge in [0.2, 0.25) is 0 Å². The Morgan fingerprint density at radius 1 is 1.16 bits per heavy atom. The summed E-state index contributed by atoms with van der Waals surface area (Å²) in [5.41, 5.74) is 14.6. The van der Waals surface area contributed by atoms with Gasteiger partial charge in [0, 0.05) is 57.9 Å². The Morgan fingerprint density at radius 2 is 1.95 bits per heavy atom. The van der Waals surface area contributed by atoms with Gasteiger partial charge in [-0.05, 0) is 23.9 Å². The summed E-state index contributed by atoms with van der Waals surface area (Å²) in [7, 11) is 1.83. The van der Waals surface area contributed by atoms with E-state index in [1.165, 1.54) is 18.7 Å². The first-order valence-electron chi connectivity index (χ1n) is 12.3. The smallest absolute Gasteiger partial charge is 0.181 e. The first-order valence-corrected chi connectivity index (χ1v) is 13.1. The van der Waals surface area contributed by atoms with Gasteiger partial charge in [0.15, 0.2) is 23.2 Å². The minimum Gasteiger partial charge on any atom is -0.485 e. The van der Waals surface area contributed by atoms with Crippen molar-refractivity contribution in [2.45, 2.75) is 41.5 Å². The van der Waals surface area contributed by atoms with Gasteiger partial charge in [-0.25, -0.2) is 19.9 Å². The van der Waals surface area contributed by atoms with Crippen LogP contribution in [0.15, 0.2) is 59.0 Å². The summed E-state index contributed by atoms with van der Waals surface area (Å²) in [5.74, 6) is 1.92. The van der Waals surface area contributed by atoms with Crippen LogP contribution in [0.3, 0.4) is 0 Å². The lowest BCUT2D eigenvalue weighted by Crippen LogP contribution is -2.52. The number of hydrogen-bond acceptors (Lipinski definition) is 11. The maximum Gasteiger partial charge on any atom is 0.181 e. The van der Waals surface area contributed by atoms with E-state index in [9.17, 15) is 4.79 Å². The summed E-state index contributed by atoms with van der Waals surface area (Å²) < 4.78 is 8.05. The highest BCUT2D eigenvalue weighted by atomic mass is 32.2. The number of para-hydroxylation sites is 1. The molecule has 12 heteroatoms. The molecule has 2 aliphatic rings. The van der Waals surface area contributed by atoms with Crippen LogP contribution in [0.4, 0.5) is 11.6 Å². The van der Waals surface area contributed by atoms with Crippen LogP contribution in [0.25, 0.3) is 11.4 Å². The van der Waals surface area contributed by atoms with E-state index in [0.29, 0.717) is 47.6 Å². The van der Waals surface area contributed by atoms with Gasteiger partial charge in [-0.15, -0.1) is 0 Å². The molecule has 4 aromatic rings. The number of fused-ring (bicyclic) bond motifs is 1. The molecule has 0 amide bonds. The first-order chi connectivity index (χ1) is 18.3. The summed E-state index contributed by atoms with van der Waals surface area (Å²) in [4.78, 5) is 32.9. The Bertz CT molecular complexity index is 1530. The minimum absolute atomic E-state index is 0.186. The number of ether oxygens (including phenoxy) is 1. The number of anilines is 2. The molecule has 194 valence electrons. The molecule has 1 spiro atoms. The number of aryl methyl sites for hydroxylation is 1. The standard InChI is InChI=1S/C26H27N9O2S/c1-15(36)20-24(35-11-8-26(9-12-35)21(27)17-5-3-4-6-18(17)37-26)33-22(28)25(32-20)38-19-7-10-29-23(31-19)16-13-30-34(2)14-16/h3-7,10,13-14,21H,8-9,11-12,27H2,1-2H3,(H2,28,33)/t21-/m1/s1. The second-order valence-electron chi connectivity index (χ2n) is 9.54. The fourth-order valence-corrected chi connectivity index (χ4v) is 5.78. The Balaban J connectivity index is 1.23. The van der Waals surface area contributed by atoms with Crippen molar-refractivity contribution in [1.82, 2.24) is 29.7 Å². The number of carbonyl (C=O) groups excluding carboxylic acids is 1. The van der Waals surface area contributed by atoms with Gasteiger partial charge < -0.3 is 21.1 Å². The molecule has 0 aliphatic carbocycles. The molecule has 1 fully saturated rings. The van der Waals surface area contributed by atoms with Crippen LogP contribution in [0.5, 0.6) is 5.75 Å². The number of hydrogen-bond donors (Lipinski definition) is 2. The zero-order chi connectivity index (χ0) is 26.4. The van der Waals surface area contributed by atoms with E-state index < -0.39 is 5.60 Å². The van der Waals surface area contributed by atoms with Crippen molar-refractivity contribution in [3.8, 4) is 17.1 Å². The van der Waals surface area contributed by atoms with Crippen LogP contribution in [0.2, 0.25) is 0 Å². The summed E-state index contributed by atoms with van der Waals surface area (Å²) in [6, 6.07) is 9.48. The molecule has 0 unspecified atom stereocenters. The molecule has 1 saturated heterocycles. The van der Waals surface area contributed by atoms with Gasteiger partial charge in [0.05, 0.1) is 17.8 Å². The van der Waals surface area contributed by atoms with Crippen LogP contribution in [-0.2, 0) is 7.05 Å². The lowest BCUT2D eigenvalue weighted by Gasteiger charge is -2.41. The van der Waals surface area contributed by atoms with E-state index in [0.717, 1.165) is 16.9 Å². The summed E-state index contributed by atoms with van der Waals surface area (Å²) >= 11 is 1.24. The molecule has 1 aromatic carbocycles. The second kappa shape index (κ2) is 9.37. The molecule has 0 radical (unpaired) electrons. The van der Waals surface area contributed by atoms with E-state index in [1.807, 2.05) is 42.4 Å². The Morgan fingerprint density at radius 3 is 2.66 bits per heavy atom. The molecule has 5 heterocycles. The third kappa shape index (κ3) is 4.25. The number of carbonyl (C=O) groups is 1. The number of ketones is 1. The zero-order valence-corrected chi connectivity index (χ0v) is 21.9. The Hall–Kier alpha value is -4.03. The van der Waals surface area contributed by atoms with Crippen molar-refractivity contribution >= 4 is 29.2 Å². The molecule has 2 aliphatic heterocycles. The van der Waals surface area contributed by atoms with Crippen LogP contribution in [-0.4, -0.2) is 54.2 Å². The first kappa shape index (κ1) is 24.3. The molecule has 4 N–H and O–H groups in total. The van der Waals surface area contributed by atoms with Crippen LogP contribution >= 0.6 is 11.8 Å². The van der Waals surface area contributed by atoms with Crippen molar-refractivity contribution in [2.24, 2.45) is 12.8 Å². The minimum atomic E-state index is -0.468. The predicted molar refractivity (Wildman–Crippen MR) is 143 cm³/mol. The summed E-state index contributed by atoms with van der Waals surface area (Å²) in [6.45, 7) is 2.72. The maximum atomic E-state index is 12.7. The summed E-state index contributed by atoms with van der Waals surface area (Å²) in [5, 5.41) is 5.22. The van der Waals surface area contributed by atoms with Crippen LogP contribution < -0.4 is 21.1 Å². The number of benzene rings is 1. The topological polar surface area (TPSA) is 151 Å². The van der Waals surface area contributed by atoms with Gasteiger partial charge in [-0.2, -0.15) is 5.10 Å². The van der Waals surface area contributed by atoms with Crippen molar-refractivity contribution in [2.75, 3.05) is 23.7 Å². The normalized spacial score (nSPS) is 17.9. The molecule has 6 rings (SSSR count). The molecular weight excluding hydrogens is 502 g/mol. The number of Topliss-reactive ketones (excluding diaryl/α,β-unsaturated/α-hetero) is 1. The monoisotopic (exact) mass is 529 g/mol. The molecule has 3 aromatic heterocycles. The SMILES string of the molecule is CC(=O)c1nc(Sc2ccnc(-c3cnn(C)c3)n2)c(N)nc1N1CCC2(CC1)Oc1ccccc1[C@H]2N. The number of nitrogens with two attached hydrogens (primary N) is 2. The van der Waals surface area contributed by atoms with E-state index in [1.54, 1.807) is 23.1 Å². The van der Waals surface area contributed by atoms with Crippen LogP contribution in [0.1, 0.15) is 41.9 Å². The van der Waals surface area contributed by atoms with Crippen molar-refractivity contribution in [3.05, 3.63) is 60.2 Å². The number of aromatic nitrogens is 6. The lowest BCUT2D eigenvalue weighted by atomic mass is 9.83. The molecule has 1 atom stereocenters. The third-order valence-electron chi connectivity index (χ3n) is 7.04. The van der Waals surface area contributed by atoms with Gasteiger partial charge in [-0.1, -0.05) is 18.2 Å². The van der Waals surface area contributed by atoms with Gasteiger partial charge >= 0.3 is 0 Å². The van der Waals surface area contributed by atoms with E-state index in [4.69, 9.17) is 16.2 Å². The molecule has 0 saturated carbocycles. The molecule has 0 bridgehead atoms. The van der Waals surface area contributed by atoms with Gasteiger partial charge in [-0.3, -0.25) is 9.48 Å². The predicted octanol–water partition coefficient (Wildman–Crippen LogP) is 3.03. The molecule has 38 heavy (non-hydrogen) atoms. The summed E-state index contributed by atoms with van der Waals surface area (Å²) in [6.07, 6.45) is 6.59. The van der Waals surface area contributed by atoms with E-state index >= 15 is 0 Å². The fourth-order valence-electron chi connectivity index (χ4n) is 5.04. The maximum absolute atomic E-state index is 12.7. The van der Waals surface area contributed by atoms with Gasteiger partial charge in [0.1, 0.15) is 27.1 Å². The highest BCUT2D eigenvalue weighted by molar-refractivity contribution is 7.99. The quantitative estimate of drug-likeness (QED) is 0.290. The number of nitrogen functional groups attached to an aromatic ring is 1. The van der Waals surface area contributed by atoms with Crippen molar-refractivity contribution < 1.29 is 9.53 Å². The second-order valence-corrected chi connectivity index (χ2v) is 10.5. The largest absolute Gasteiger partial charge is 0.485 e. The average molecular weight is 530 g/mol. The van der Waals surface area contributed by atoms with Gasteiger partial charge in [0.25, 0.3) is 0 Å². The fraction of sp³-hybridized carbons (Fsp3) is 0.308. The Labute approximate surface area is 223 Å². The van der Waals surface area contributed by atoms with Crippen LogP contribution in [0, 0.1) is 0 Å². The third-order valence-corrected chi connectivity index (χ3v) is 7.97. The van der Waals surface area contributed by atoms with E-state index in [2.05, 4.69) is 25.0 Å². The van der Waals surface area contributed by atoms with Crippen molar-refractivity contribution in [1.29, 1.82) is 0 Å². The lowest BCUT2D eigenvalue weighted by molar-refractivity contribution is 0.0430. The molecule has 11 nitrogen and oxygen atoms in total.